The van der Waals surface area contributed by atoms with Crippen molar-refractivity contribution in [2.45, 2.75) is 19.1 Å². The molecule has 0 unspecified atom stereocenters. The summed E-state index contributed by atoms with van der Waals surface area (Å²) in [6.07, 6.45) is 1.77. The third-order valence-corrected chi connectivity index (χ3v) is 2.90. The van der Waals surface area contributed by atoms with Crippen LogP contribution in [-0.4, -0.2) is 17.9 Å². The van der Waals surface area contributed by atoms with Crippen molar-refractivity contribution in [1.29, 1.82) is 5.26 Å². The van der Waals surface area contributed by atoms with Crippen molar-refractivity contribution >= 4 is 0 Å². The second-order valence-corrected chi connectivity index (χ2v) is 3.86. The molecule has 76 valence electrons. The lowest BCUT2D eigenvalue weighted by Crippen LogP contribution is -2.30. The highest BCUT2D eigenvalue weighted by Gasteiger charge is 2.35. The van der Waals surface area contributed by atoms with Gasteiger partial charge in [0.2, 0.25) is 6.29 Å². The summed E-state index contributed by atoms with van der Waals surface area (Å²) >= 11 is 0. The molecule has 2 aliphatic heterocycles. The van der Waals surface area contributed by atoms with Crippen LogP contribution in [0.5, 0.6) is 5.75 Å². The molecule has 0 bridgehead atoms. The minimum absolute atomic E-state index is 0.104. The Morgan fingerprint density at radius 1 is 1.47 bits per heavy atom. The Kier molecular flexibility index (Phi) is 1.86. The summed E-state index contributed by atoms with van der Waals surface area (Å²) in [5, 5.41) is 8.75. The Morgan fingerprint density at radius 3 is 3.27 bits per heavy atom. The molecule has 0 aliphatic carbocycles. The molecule has 1 fully saturated rings. The largest absolute Gasteiger partial charge is 0.463 e. The van der Waals surface area contributed by atoms with E-state index in [1.165, 1.54) is 0 Å². The summed E-state index contributed by atoms with van der Waals surface area (Å²) in [6.45, 7) is 0.758. The number of pyridine rings is 1. The Bertz CT molecular complexity index is 439. The van der Waals surface area contributed by atoms with E-state index in [9.17, 15) is 0 Å². The van der Waals surface area contributed by atoms with Crippen LogP contribution in [0.2, 0.25) is 0 Å². The number of aromatic nitrogens is 1. The minimum atomic E-state index is -0.104. The first-order chi connectivity index (χ1) is 7.36. The van der Waals surface area contributed by atoms with Crippen LogP contribution in [0.15, 0.2) is 12.1 Å². The molecule has 2 atom stereocenters. The number of fused-ring (bicyclic) bond motifs is 2. The van der Waals surface area contributed by atoms with Gasteiger partial charge in [0.15, 0.2) is 0 Å². The number of rotatable bonds is 0. The van der Waals surface area contributed by atoms with Crippen LogP contribution in [0.4, 0.5) is 0 Å². The standard InChI is InChI=1S/C11H10N2O2/c12-6-8-1-2-10-9(13-8)5-7-3-4-14-11(7)15-10/h1-2,7,11H,3-5H2/t7-,11-/m1/s1. The zero-order chi connectivity index (χ0) is 10.3. The Labute approximate surface area is 87.4 Å². The minimum Gasteiger partial charge on any atom is -0.463 e. The fraction of sp³-hybridized carbons (Fsp3) is 0.455. The molecule has 3 heterocycles. The van der Waals surface area contributed by atoms with Crippen LogP contribution in [0.1, 0.15) is 17.8 Å². The second kappa shape index (κ2) is 3.21. The second-order valence-electron chi connectivity index (χ2n) is 3.86. The average molecular weight is 202 g/mol. The van der Waals surface area contributed by atoms with Gasteiger partial charge in [-0.15, -0.1) is 0 Å². The fourth-order valence-corrected chi connectivity index (χ4v) is 2.11. The van der Waals surface area contributed by atoms with Crippen molar-refractivity contribution in [3.63, 3.8) is 0 Å². The van der Waals surface area contributed by atoms with E-state index in [0.717, 1.165) is 30.9 Å². The van der Waals surface area contributed by atoms with E-state index in [-0.39, 0.29) is 6.29 Å². The molecule has 3 rings (SSSR count). The summed E-state index contributed by atoms with van der Waals surface area (Å²) in [5.74, 6) is 1.16. The molecule has 1 aromatic heterocycles. The highest BCUT2D eigenvalue weighted by Crippen LogP contribution is 2.35. The van der Waals surface area contributed by atoms with Gasteiger partial charge in [-0.2, -0.15) is 5.26 Å². The topological polar surface area (TPSA) is 55.1 Å². The number of nitrogens with zero attached hydrogens (tertiary/aromatic N) is 2. The predicted octanol–water partition coefficient (Wildman–Crippen LogP) is 1.25. The van der Waals surface area contributed by atoms with Gasteiger partial charge in [0, 0.05) is 12.3 Å². The molecule has 4 nitrogen and oxygen atoms in total. The van der Waals surface area contributed by atoms with Crippen molar-refractivity contribution in [3.05, 3.63) is 23.5 Å². The molecule has 0 N–H and O–H groups in total. The van der Waals surface area contributed by atoms with Gasteiger partial charge in [-0.1, -0.05) is 0 Å². The number of hydrogen-bond donors (Lipinski definition) is 0. The summed E-state index contributed by atoms with van der Waals surface area (Å²) < 4.78 is 11.1. The molecule has 15 heavy (non-hydrogen) atoms. The van der Waals surface area contributed by atoms with Gasteiger partial charge in [0.05, 0.1) is 12.3 Å². The zero-order valence-corrected chi connectivity index (χ0v) is 8.14. The Morgan fingerprint density at radius 2 is 2.40 bits per heavy atom. The average Bonchev–Trinajstić information content (AvgIpc) is 2.72. The van der Waals surface area contributed by atoms with E-state index in [0.29, 0.717) is 11.6 Å². The molecule has 0 aromatic carbocycles. The van der Waals surface area contributed by atoms with E-state index >= 15 is 0 Å². The smallest absolute Gasteiger partial charge is 0.203 e. The quantitative estimate of drug-likeness (QED) is 0.635. The van der Waals surface area contributed by atoms with Gasteiger partial charge in [-0.25, -0.2) is 4.98 Å². The van der Waals surface area contributed by atoms with E-state index in [1.807, 2.05) is 6.07 Å². The Hall–Kier alpha value is -1.60. The van der Waals surface area contributed by atoms with Crippen LogP contribution in [-0.2, 0) is 11.2 Å². The molecule has 0 radical (unpaired) electrons. The monoisotopic (exact) mass is 202 g/mol. The highest BCUT2D eigenvalue weighted by atomic mass is 16.7. The van der Waals surface area contributed by atoms with Gasteiger partial charge >= 0.3 is 0 Å². The number of hydrogen-bond acceptors (Lipinski definition) is 4. The third kappa shape index (κ3) is 1.36. The van der Waals surface area contributed by atoms with Crippen molar-refractivity contribution in [3.8, 4) is 11.8 Å². The first-order valence-electron chi connectivity index (χ1n) is 5.05. The maximum absolute atomic E-state index is 8.75. The van der Waals surface area contributed by atoms with Gasteiger partial charge in [0.25, 0.3) is 0 Å². The molecule has 1 saturated heterocycles. The van der Waals surface area contributed by atoms with E-state index in [4.69, 9.17) is 14.7 Å². The first-order valence-corrected chi connectivity index (χ1v) is 5.05. The Balaban J connectivity index is 1.97. The van der Waals surface area contributed by atoms with Crippen molar-refractivity contribution in [2.24, 2.45) is 5.92 Å². The lowest BCUT2D eigenvalue weighted by molar-refractivity contribution is -0.0705. The lowest BCUT2D eigenvalue weighted by atomic mass is 9.98. The molecule has 2 aliphatic rings. The highest BCUT2D eigenvalue weighted by molar-refractivity contribution is 5.35. The summed E-state index contributed by atoms with van der Waals surface area (Å²) in [6, 6.07) is 5.52. The molecule has 0 saturated carbocycles. The van der Waals surface area contributed by atoms with Crippen molar-refractivity contribution < 1.29 is 9.47 Å². The lowest BCUT2D eigenvalue weighted by Gasteiger charge is -2.26. The van der Waals surface area contributed by atoms with Gasteiger partial charge in [-0.3, -0.25) is 0 Å². The van der Waals surface area contributed by atoms with Crippen molar-refractivity contribution in [1.82, 2.24) is 4.98 Å². The number of nitriles is 1. The van der Waals surface area contributed by atoms with Crippen LogP contribution in [0.3, 0.4) is 0 Å². The molecule has 0 spiro atoms. The molecular weight excluding hydrogens is 192 g/mol. The van der Waals surface area contributed by atoms with Crippen LogP contribution >= 0.6 is 0 Å². The SMILES string of the molecule is N#Cc1ccc2c(n1)C[C@H]1CCO[C@@H]1O2. The number of ether oxygens (including phenoxy) is 2. The van der Waals surface area contributed by atoms with Crippen LogP contribution in [0.25, 0.3) is 0 Å². The van der Waals surface area contributed by atoms with Gasteiger partial charge in [-0.05, 0) is 18.6 Å². The zero-order valence-electron chi connectivity index (χ0n) is 8.14. The van der Waals surface area contributed by atoms with Crippen molar-refractivity contribution in [2.75, 3.05) is 6.61 Å². The molecule has 0 amide bonds. The van der Waals surface area contributed by atoms with E-state index in [1.54, 1.807) is 12.1 Å². The summed E-state index contributed by atoms with van der Waals surface area (Å²) in [7, 11) is 0. The van der Waals surface area contributed by atoms with E-state index < -0.39 is 0 Å². The van der Waals surface area contributed by atoms with Crippen LogP contribution in [0, 0.1) is 17.2 Å². The predicted molar refractivity (Wildman–Crippen MR) is 51.1 cm³/mol. The van der Waals surface area contributed by atoms with E-state index in [2.05, 4.69) is 4.98 Å². The molecule has 4 heteroatoms. The third-order valence-electron chi connectivity index (χ3n) is 2.90. The summed E-state index contributed by atoms with van der Waals surface area (Å²) in [5.41, 5.74) is 1.34. The first kappa shape index (κ1) is 8.69. The maximum atomic E-state index is 8.75. The summed E-state index contributed by atoms with van der Waals surface area (Å²) in [4.78, 5) is 4.25. The van der Waals surface area contributed by atoms with Gasteiger partial charge in [0.1, 0.15) is 17.5 Å². The molecular formula is C11H10N2O2. The fourth-order valence-electron chi connectivity index (χ4n) is 2.11. The normalized spacial score (nSPS) is 27.4. The van der Waals surface area contributed by atoms with Crippen LogP contribution < -0.4 is 4.74 Å². The maximum Gasteiger partial charge on any atom is 0.203 e. The molecule has 1 aromatic rings. The van der Waals surface area contributed by atoms with Gasteiger partial charge < -0.3 is 9.47 Å².